The maximum absolute atomic E-state index is 4.80. The fraction of sp³-hybridized carbons (Fsp3) is 0. The van der Waals surface area contributed by atoms with Gasteiger partial charge in [-0.05, 0) is 35.4 Å². The van der Waals surface area contributed by atoms with Gasteiger partial charge in [0, 0.05) is 53.9 Å². The number of hydrogen-bond donors (Lipinski definition) is 0. The number of benzene rings is 4. The maximum atomic E-state index is 4.80. The van der Waals surface area contributed by atoms with Gasteiger partial charge in [-0.2, -0.15) is 0 Å². The van der Waals surface area contributed by atoms with E-state index in [4.69, 9.17) is 9.97 Å². The van der Waals surface area contributed by atoms with Crippen molar-refractivity contribution in [3.05, 3.63) is 107 Å². The van der Waals surface area contributed by atoms with Gasteiger partial charge in [-0.1, -0.05) is 78.9 Å². The number of nitrogens with zero attached hydrogens (tertiary/aromatic N) is 2. The Morgan fingerprint density at radius 1 is 0.531 bits per heavy atom. The maximum Gasteiger partial charge on any atom is 0.191 e. The summed E-state index contributed by atoms with van der Waals surface area (Å²) in [5.74, 6) is 0. The molecule has 4 aromatic carbocycles. The minimum absolute atomic E-state index is 0.744. The number of aromatic nitrogens is 2. The lowest BCUT2D eigenvalue weighted by Gasteiger charge is -2.11. The van der Waals surface area contributed by atoms with E-state index in [1.807, 2.05) is 17.4 Å². The molecule has 0 saturated heterocycles. The quantitative estimate of drug-likeness (QED) is 0.166. The molecule has 0 N–H and O–H groups in total. The predicted octanol–water partition coefficient (Wildman–Crippen LogP) is 8.45. The van der Waals surface area contributed by atoms with Gasteiger partial charge in [0.15, 0.2) is 3.83 Å². The third kappa shape index (κ3) is 3.49. The summed E-state index contributed by atoms with van der Waals surface area (Å²) in [5.41, 5.74) is 6.47. The normalized spacial score (nSPS) is 11.3. The van der Waals surface area contributed by atoms with Crippen molar-refractivity contribution >= 4 is 54.1 Å². The number of hydrogen-bond acceptors (Lipinski definition) is 3. The summed E-state index contributed by atoms with van der Waals surface area (Å²) in [6.07, 6.45) is 0. The van der Waals surface area contributed by atoms with E-state index in [1.54, 1.807) is 0 Å². The molecule has 0 saturated carbocycles. The smallest absolute Gasteiger partial charge is 0.191 e. The molecular weight excluding hydrogens is 523 g/mol. The SMILES string of the molecule is Ic1nc(-c2ccc3sc4ccccc4c3c2)cc(-c2ccccc2-c2ccccc2)n1. The fourth-order valence-corrected chi connectivity index (χ4v) is 5.77. The third-order valence-electron chi connectivity index (χ3n) is 5.66. The lowest BCUT2D eigenvalue weighted by Crippen LogP contribution is -1.96. The Balaban J connectivity index is 1.52. The highest BCUT2D eigenvalue weighted by molar-refractivity contribution is 14.1. The summed E-state index contributed by atoms with van der Waals surface area (Å²) in [7, 11) is 0. The molecule has 6 aromatic rings. The van der Waals surface area contributed by atoms with Crippen LogP contribution >= 0.6 is 33.9 Å². The van der Waals surface area contributed by atoms with Crippen LogP contribution in [0.15, 0.2) is 103 Å². The highest BCUT2D eigenvalue weighted by atomic mass is 127. The van der Waals surface area contributed by atoms with Crippen molar-refractivity contribution in [2.75, 3.05) is 0 Å². The fourth-order valence-electron chi connectivity index (χ4n) is 4.17. The molecule has 0 atom stereocenters. The van der Waals surface area contributed by atoms with Gasteiger partial charge in [0.1, 0.15) is 0 Å². The largest absolute Gasteiger partial charge is 0.223 e. The van der Waals surface area contributed by atoms with Crippen molar-refractivity contribution in [3.63, 3.8) is 0 Å². The topological polar surface area (TPSA) is 25.8 Å². The molecular formula is C28H17IN2S. The molecule has 0 aliphatic heterocycles. The van der Waals surface area contributed by atoms with Crippen LogP contribution in [0, 0.1) is 3.83 Å². The standard InChI is InChI=1S/C28H17IN2S/c29-28-30-24(19-14-15-27-23(16-19)22-12-6-7-13-26(22)32-27)17-25(31-28)21-11-5-4-10-20(21)18-8-2-1-3-9-18/h1-17H. The van der Waals surface area contributed by atoms with E-state index in [0.29, 0.717) is 0 Å². The first-order valence-electron chi connectivity index (χ1n) is 10.4. The highest BCUT2D eigenvalue weighted by Gasteiger charge is 2.13. The average Bonchev–Trinajstić information content (AvgIpc) is 3.22. The van der Waals surface area contributed by atoms with E-state index < -0.39 is 0 Å². The van der Waals surface area contributed by atoms with Crippen LogP contribution in [0.25, 0.3) is 53.8 Å². The second kappa shape index (κ2) is 8.11. The van der Waals surface area contributed by atoms with E-state index in [1.165, 1.54) is 31.3 Å². The van der Waals surface area contributed by atoms with Crippen LogP contribution in [0.5, 0.6) is 0 Å². The molecule has 6 rings (SSSR count). The van der Waals surface area contributed by atoms with Crippen LogP contribution in [0.2, 0.25) is 0 Å². The zero-order chi connectivity index (χ0) is 21.5. The molecule has 0 aliphatic carbocycles. The minimum Gasteiger partial charge on any atom is -0.223 e. The molecule has 0 bridgehead atoms. The van der Waals surface area contributed by atoms with Crippen LogP contribution in [0.1, 0.15) is 0 Å². The lowest BCUT2D eigenvalue weighted by molar-refractivity contribution is 1.12. The van der Waals surface area contributed by atoms with Gasteiger partial charge in [-0.3, -0.25) is 0 Å². The highest BCUT2D eigenvalue weighted by Crippen LogP contribution is 2.37. The van der Waals surface area contributed by atoms with E-state index in [-0.39, 0.29) is 0 Å². The Morgan fingerprint density at radius 3 is 2.09 bits per heavy atom. The van der Waals surface area contributed by atoms with Crippen LogP contribution < -0.4 is 0 Å². The number of halogens is 1. The van der Waals surface area contributed by atoms with Crippen LogP contribution in [0.3, 0.4) is 0 Å². The molecule has 2 aromatic heterocycles. The Kier molecular flexibility index (Phi) is 4.97. The first-order valence-corrected chi connectivity index (χ1v) is 12.3. The first kappa shape index (κ1) is 19.6. The Labute approximate surface area is 203 Å². The van der Waals surface area contributed by atoms with Gasteiger partial charge in [-0.15, -0.1) is 11.3 Å². The summed E-state index contributed by atoms with van der Waals surface area (Å²) >= 11 is 4.06. The molecule has 4 heteroatoms. The molecule has 152 valence electrons. The van der Waals surface area contributed by atoms with E-state index in [9.17, 15) is 0 Å². The van der Waals surface area contributed by atoms with Crippen molar-refractivity contribution in [2.24, 2.45) is 0 Å². The molecule has 32 heavy (non-hydrogen) atoms. The summed E-state index contributed by atoms with van der Waals surface area (Å²) in [4.78, 5) is 9.58. The first-order chi connectivity index (χ1) is 15.8. The Morgan fingerprint density at radius 2 is 1.22 bits per heavy atom. The monoisotopic (exact) mass is 540 g/mol. The van der Waals surface area contributed by atoms with Crippen molar-refractivity contribution < 1.29 is 0 Å². The van der Waals surface area contributed by atoms with Crippen molar-refractivity contribution in [1.82, 2.24) is 9.97 Å². The van der Waals surface area contributed by atoms with Gasteiger partial charge < -0.3 is 0 Å². The van der Waals surface area contributed by atoms with E-state index in [2.05, 4.69) is 120 Å². The summed E-state index contributed by atoms with van der Waals surface area (Å²) in [5, 5.41) is 2.58. The molecule has 0 amide bonds. The summed E-state index contributed by atoms with van der Waals surface area (Å²) in [6.45, 7) is 0. The van der Waals surface area contributed by atoms with Gasteiger partial charge in [-0.25, -0.2) is 9.97 Å². The van der Waals surface area contributed by atoms with E-state index >= 15 is 0 Å². The number of fused-ring (bicyclic) bond motifs is 3. The molecule has 0 unspecified atom stereocenters. The van der Waals surface area contributed by atoms with Crippen molar-refractivity contribution in [2.45, 2.75) is 0 Å². The Hall–Kier alpha value is -3.09. The zero-order valence-corrected chi connectivity index (χ0v) is 20.0. The van der Waals surface area contributed by atoms with Crippen LogP contribution in [-0.4, -0.2) is 9.97 Å². The van der Waals surface area contributed by atoms with Gasteiger partial charge in [0.25, 0.3) is 0 Å². The number of rotatable bonds is 3. The summed E-state index contributed by atoms with van der Waals surface area (Å²) < 4.78 is 3.36. The second-order valence-electron chi connectivity index (χ2n) is 7.63. The molecule has 2 heterocycles. The average molecular weight is 540 g/mol. The molecule has 2 nitrogen and oxygen atoms in total. The van der Waals surface area contributed by atoms with Crippen LogP contribution in [-0.2, 0) is 0 Å². The van der Waals surface area contributed by atoms with Crippen molar-refractivity contribution in [3.8, 4) is 33.6 Å². The van der Waals surface area contributed by atoms with Gasteiger partial charge in [0.2, 0.25) is 0 Å². The van der Waals surface area contributed by atoms with Crippen LogP contribution in [0.4, 0.5) is 0 Å². The molecule has 0 spiro atoms. The molecule has 0 radical (unpaired) electrons. The van der Waals surface area contributed by atoms with Gasteiger partial charge in [0.05, 0.1) is 11.4 Å². The zero-order valence-electron chi connectivity index (χ0n) is 17.0. The van der Waals surface area contributed by atoms with Crippen molar-refractivity contribution in [1.29, 1.82) is 0 Å². The number of thiophene rings is 1. The van der Waals surface area contributed by atoms with Gasteiger partial charge >= 0.3 is 0 Å². The molecule has 0 aliphatic rings. The van der Waals surface area contributed by atoms with E-state index in [0.717, 1.165) is 26.3 Å². The third-order valence-corrected chi connectivity index (χ3v) is 7.29. The lowest BCUT2D eigenvalue weighted by atomic mass is 9.97. The molecule has 0 fully saturated rings. The Bertz CT molecular complexity index is 1590. The summed E-state index contributed by atoms with van der Waals surface area (Å²) in [6, 6.07) is 36.3. The second-order valence-corrected chi connectivity index (χ2v) is 9.68. The predicted molar refractivity (Wildman–Crippen MR) is 144 cm³/mol. The minimum atomic E-state index is 0.744.